The highest BCUT2D eigenvalue weighted by Gasteiger charge is 2.27. The lowest BCUT2D eigenvalue weighted by molar-refractivity contribution is -0.123. The Morgan fingerprint density at radius 1 is 1.10 bits per heavy atom. The number of halogens is 1. The van der Waals surface area contributed by atoms with Crippen LogP contribution in [0.25, 0.3) is 6.08 Å². The largest absolute Gasteiger partial charge is 0.490 e. The molecule has 3 rings (SSSR count). The molecule has 2 aromatic rings. The second-order valence-corrected chi connectivity index (χ2v) is 8.77. The molecule has 1 heterocycles. The van der Waals surface area contributed by atoms with Gasteiger partial charge in [-0.25, -0.2) is 0 Å². The van der Waals surface area contributed by atoms with Crippen molar-refractivity contribution in [1.29, 1.82) is 0 Å². The number of benzene rings is 2. The number of ether oxygens (including phenoxy) is 1. The van der Waals surface area contributed by atoms with Crippen LogP contribution in [-0.4, -0.2) is 32.0 Å². The molecule has 11 heteroatoms. The monoisotopic (exact) mass is 480 g/mol. The van der Waals surface area contributed by atoms with E-state index in [1.807, 2.05) is 6.92 Å². The lowest BCUT2D eigenvalue weighted by atomic mass is 10.1. The molecule has 0 saturated carbocycles. The van der Waals surface area contributed by atoms with E-state index in [0.29, 0.717) is 5.56 Å². The van der Waals surface area contributed by atoms with Crippen LogP contribution in [0.15, 0.2) is 46.9 Å². The summed E-state index contributed by atoms with van der Waals surface area (Å²) in [5, 5.41) is 4.47. The van der Waals surface area contributed by atoms with Gasteiger partial charge in [-0.3, -0.25) is 20.2 Å². The number of thiocarbonyl (C=S) groups is 1. The predicted molar refractivity (Wildman–Crippen MR) is 118 cm³/mol. The number of aryl methyl sites for hydroxylation is 1. The highest BCUT2D eigenvalue weighted by molar-refractivity contribution is 7.87. The summed E-state index contributed by atoms with van der Waals surface area (Å²) in [6.45, 7) is 3.71. The lowest BCUT2D eigenvalue weighted by Gasteiger charge is -2.17. The van der Waals surface area contributed by atoms with Gasteiger partial charge in [0.05, 0.1) is 11.6 Å². The molecule has 2 N–H and O–H groups in total. The molecule has 0 aromatic heterocycles. The third kappa shape index (κ3) is 5.22. The molecule has 1 saturated heterocycles. The SMILES string of the molecule is CCOc1cc(C=C2C(=O)NC(=S)NC2=O)cc(Cl)c1OS(=O)(=O)c1ccc(C)cc1. The van der Waals surface area contributed by atoms with E-state index in [2.05, 4.69) is 10.6 Å². The summed E-state index contributed by atoms with van der Waals surface area (Å²) in [6.07, 6.45) is 1.28. The van der Waals surface area contributed by atoms with Gasteiger partial charge in [0.2, 0.25) is 5.75 Å². The summed E-state index contributed by atoms with van der Waals surface area (Å²) in [5.41, 5.74) is 1.01. The Labute approximate surface area is 189 Å². The van der Waals surface area contributed by atoms with Crippen LogP contribution in [-0.2, 0) is 19.7 Å². The molecule has 2 amide bonds. The zero-order valence-corrected chi connectivity index (χ0v) is 18.8. The predicted octanol–water partition coefficient (Wildman–Crippen LogP) is 2.73. The normalized spacial score (nSPS) is 14.0. The molecule has 1 aliphatic heterocycles. The maximum atomic E-state index is 12.7. The fourth-order valence-electron chi connectivity index (χ4n) is 2.65. The van der Waals surface area contributed by atoms with Gasteiger partial charge in [0.15, 0.2) is 10.9 Å². The third-order valence-corrected chi connectivity index (χ3v) is 5.81. The molecule has 0 bridgehead atoms. The van der Waals surface area contributed by atoms with Gasteiger partial charge < -0.3 is 8.92 Å². The maximum Gasteiger partial charge on any atom is 0.339 e. The lowest BCUT2D eigenvalue weighted by Crippen LogP contribution is -2.51. The van der Waals surface area contributed by atoms with Crippen molar-refractivity contribution in [1.82, 2.24) is 10.6 Å². The zero-order chi connectivity index (χ0) is 22.8. The number of carbonyl (C=O) groups excluding carboxylic acids is 2. The molecule has 162 valence electrons. The van der Waals surface area contributed by atoms with Crippen LogP contribution in [0.4, 0.5) is 0 Å². The summed E-state index contributed by atoms with van der Waals surface area (Å²) in [6, 6.07) is 8.89. The Morgan fingerprint density at radius 2 is 1.71 bits per heavy atom. The fraction of sp³-hybridized carbons (Fsp3) is 0.150. The Morgan fingerprint density at radius 3 is 2.29 bits per heavy atom. The van der Waals surface area contributed by atoms with E-state index in [-0.39, 0.29) is 38.7 Å². The van der Waals surface area contributed by atoms with Gasteiger partial charge in [-0.2, -0.15) is 8.42 Å². The van der Waals surface area contributed by atoms with Crippen molar-refractivity contribution in [2.75, 3.05) is 6.61 Å². The Kier molecular flexibility index (Phi) is 6.63. The minimum absolute atomic E-state index is 0.0321. The maximum absolute atomic E-state index is 12.7. The number of hydrogen-bond acceptors (Lipinski definition) is 7. The Hall–Kier alpha value is -2.95. The number of carbonyl (C=O) groups is 2. The van der Waals surface area contributed by atoms with Crippen LogP contribution in [0.5, 0.6) is 11.5 Å². The standard InChI is InChI=1S/C20H17ClN2O6S2/c1-3-28-16-10-12(8-14-18(24)22-20(30)23-19(14)25)9-15(21)17(16)29-31(26,27)13-6-4-11(2)5-7-13/h4-10H,3H2,1-2H3,(H2,22,23,24,25,30). The molecule has 1 aliphatic rings. The summed E-state index contributed by atoms with van der Waals surface area (Å²) >= 11 is 11.0. The molecule has 2 aromatic carbocycles. The van der Waals surface area contributed by atoms with Crippen LogP contribution in [0.2, 0.25) is 5.02 Å². The first-order valence-corrected chi connectivity index (χ1v) is 11.2. The molecular formula is C20H17ClN2O6S2. The minimum atomic E-state index is -4.18. The van der Waals surface area contributed by atoms with Gasteiger partial charge in [0.25, 0.3) is 11.8 Å². The van der Waals surface area contributed by atoms with Crippen LogP contribution >= 0.6 is 23.8 Å². The molecule has 8 nitrogen and oxygen atoms in total. The summed E-state index contributed by atoms with van der Waals surface area (Å²) in [7, 11) is -4.18. The van der Waals surface area contributed by atoms with Gasteiger partial charge in [-0.05, 0) is 62.0 Å². The van der Waals surface area contributed by atoms with Crippen molar-refractivity contribution in [3.05, 3.63) is 58.1 Å². The minimum Gasteiger partial charge on any atom is -0.490 e. The third-order valence-electron chi connectivity index (χ3n) is 4.09. The first kappa shape index (κ1) is 22.7. The van der Waals surface area contributed by atoms with E-state index in [9.17, 15) is 18.0 Å². The quantitative estimate of drug-likeness (QED) is 0.283. The van der Waals surface area contributed by atoms with Gasteiger partial charge in [-0.15, -0.1) is 0 Å². The van der Waals surface area contributed by atoms with Gasteiger partial charge in [0.1, 0.15) is 10.5 Å². The molecule has 0 radical (unpaired) electrons. The van der Waals surface area contributed by atoms with Crippen LogP contribution in [0, 0.1) is 6.92 Å². The van der Waals surface area contributed by atoms with Gasteiger partial charge in [-0.1, -0.05) is 29.3 Å². The average Bonchev–Trinajstić information content (AvgIpc) is 2.68. The van der Waals surface area contributed by atoms with Gasteiger partial charge >= 0.3 is 10.1 Å². The molecule has 31 heavy (non-hydrogen) atoms. The van der Waals surface area contributed by atoms with Gasteiger partial charge in [0, 0.05) is 0 Å². The van der Waals surface area contributed by atoms with E-state index in [0.717, 1.165) is 5.56 Å². The van der Waals surface area contributed by atoms with Crippen molar-refractivity contribution < 1.29 is 26.9 Å². The fourth-order valence-corrected chi connectivity index (χ4v) is 4.10. The summed E-state index contributed by atoms with van der Waals surface area (Å²) in [4.78, 5) is 24.1. The number of rotatable bonds is 6. The van der Waals surface area contributed by atoms with Crippen molar-refractivity contribution in [2.45, 2.75) is 18.7 Å². The van der Waals surface area contributed by atoms with E-state index in [4.69, 9.17) is 32.7 Å². The highest BCUT2D eigenvalue weighted by atomic mass is 35.5. The first-order valence-electron chi connectivity index (χ1n) is 8.96. The molecular weight excluding hydrogens is 464 g/mol. The number of amides is 2. The van der Waals surface area contributed by atoms with Crippen LogP contribution < -0.4 is 19.6 Å². The second-order valence-electron chi connectivity index (χ2n) is 6.41. The smallest absolute Gasteiger partial charge is 0.339 e. The number of hydrogen-bond donors (Lipinski definition) is 2. The molecule has 0 atom stereocenters. The average molecular weight is 481 g/mol. The summed E-state index contributed by atoms with van der Waals surface area (Å²) in [5.74, 6) is -1.52. The van der Waals surface area contributed by atoms with Crippen molar-refractivity contribution in [3.63, 3.8) is 0 Å². The second kappa shape index (κ2) is 9.04. The van der Waals surface area contributed by atoms with Crippen LogP contribution in [0.1, 0.15) is 18.1 Å². The zero-order valence-electron chi connectivity index (χ0n) is 16.4. The van der Waals surface area contributed by atoms with Crippen molar-refractivity contribution in [3.8, 4) is 11.5 Å². The summed E-state index contributed by atoms with van der Waals surface area (Å²) < 4.78 is 36.1. The van der Waals surface area contributed by atoms with E-state index in [1.54, 1.807) is 19.1 Å². The first-order chi connectivity index (χ1) is 14.6. The van der Waals surface area contributed by atoms with Crippen LogP contribution in [0.3, 0.4) is 0 Å². The number of nitrogens with one attached hydrogen (secondary N) is 2. The Bertz CT molecular complexity index is 1180. The van der Waals surface area contributed by atoms with E-state index < -0.39 is 21.9 Å². The van der Waals surface area contributed by atoms with E-state index in [1.165, 1.54) is 30.3 Å². The molecule has 0 aliphatic carbocycles. The molecule has 0 spiro atoms. The topological polar surface area (TPSA) is 111 Å². The molecule has 0 unspecified atom stereocenters. The molecule has 1 fully saturated rings. The van der Waals surface area contributed by atoms with Crippen molar-refractivity contribution >= 4 is 56.9 Å². The van der Waals surface area contributed by atoms with E-state index >= 15 is 0 Å². The Balaban J connectivity index is 2.00. The highest BCUT2D eigenvalue weighted by Crippen LogP contribution is 2.39. The van der Waals surface area contributed by atoms with Crippen molar-refractivity contribution in [2.24, 2.45) is 0 Å².